The maximum Gasteiger partial charge on any atom is 0.0456 e. The van der Waals surface area contributed by atoms with Gasteiger partial charge in [-0.15, -0.1) is 0 Å². The highest BCUT2D eigenvalue weighted by Gasteiger charge is 2.12. The topological polar surface area (TPSA) is 28.7 Å². The number of pyridine rings is 1. The van der Waals surface area contributed by atoms with Crippen molar-refractivity contribution < 1.29 is 0 Å². The Morgan fingerprint density at radius 2 is 2.11 bits per heavy atom. The summed E-state index contributed by atoms with van der Waals surface area (Å²) in [7, 11) is 0. The van der Waals surface area contributed by atoms with Crippen LogP contribution in [0.2, 0.25) is 0 Å². The van der Waals surface area contributed by atoms with Gasteiger partial charge in [-0.2, -0.15) is 0 Å². The molecule has 0 aliphatic carbocycles. The van der Waals surface area contributed by atoms with Crippen LogP contribution < -0.4 is 0 Å². The molecule has 2 nitrogen and oxygen atoms in total. The molecule has 1 unspecified atom stereocenters. The lowest BCUT2D eigenvalue weighted by Crippen LogP contribution is -1.99. The Bertz CT molecular complexity index is 640. The standard InChI is InChI=1S/C16H16N2/c1-2-15(14-4-3-8-17-11-14)13-6-5-12-7-9-18-16(12)10-13/h3-11,15,18H,2H2,1H3. The smallest absolute Gasteiger partial charge is 0.0456 e. The molecule has 0 saturated carbocycles. The van der Waals surface area contributed by atoms with Gasteiger partial charge in [0, 0.05) is 30.0 Å². The van der Waals surface area contributed by atoms with E-state index in [1.54, 1.807) is 0 Å². The molecule has 0 bridgehead atoms. The van der Waals surface area contributed by atoms with Crippen LogP contribution in [-0.4, -0.2) is 9.97 Å². The summed E-state index contributed by atoms with van der Waals surface area (Å²) in [6.45, 7) is 2.22. The predicted octanol–water partition coefficient (Wildman–Crippen LogP) is 4.10. The summed E-state index contributed by atoms with van der Waals surface area (Å²) in [6.07, 6.45) is 6.86. The fraction of sp³-hybridized carbons (Fsp3) is 0.188. The molecule has 2 aromatic heterocycles. The number of nitrogens with zero attached hydrogens (tertiary/aromatic N) is 1. The highest BCUT2D eigenvalue weighted by atomic mass is 14.7. The van der Waals surface area contributed by atoms with Crippen LogP contribution in [0.3, 0.4) is 0 Å². The molecule has 1 N–H and O–H groups in total. The molecule has 0 radical (unpaired) electrons. The summed E-state index contributed by atoms with van der Waals surface area (Å²) in [5.74, 6) is 0.423. The van der Waals surface area contributed by atoms with Gasteiger partial charge in [0.05, 0.1) is 0 Å². The Hall–Kier alpha value is -2.09. The molecule has 3 rings (SSSR count). The van der Waals surface area contributed by atoms with Gasteiger partial charge in [0.2, 0.25) is 0 Å². The van der Waals surface area contributed by atoms with Crippen molar-refractivity contribution in [1.29, 1.82) is 0 Å². The van der Waals surface area contributed by atoms with Crippen LogP contribution in [0, 0.1) is 0 Å². The first kappa shape index (κ1) is 11.0. The van der Waals surface area contributed by atoms with Crippen molar-refractivity contribution in [3.8, 4) is 0 Å². The van der Waals surface area contributed by atoms with E-state index < -0.39 is 0 Å². The molecule has 0 fully saturated rings. The van der Waals surface area contributed by atoms with Gasteiger partial charge in [-0.1, -0.05) is 25.1 Å². The summed E-state index contributed by atoms with van der Waals surface area (Å²) >= 11 is 0. The van der Waals surface area contributed by atoms with E-state index in [1.807, 2.05) is 24.7 Å². The molecule has 0 aliphatic heterocycles. The fourth-order valence-corrected chi connectivity index (χ4v) is 2.53. The van der Waals surface area contributed by atoms with E-state index >= 15 is 0 Å². The molecular formula is C16H16N2. The molecule has 0 saturated heterocycles. The summed E-state index contributed by atoms with van der Waals surface area (Å²) in [4.78, 5) is 7.50. The molecule has 0 aliphatic rings. The summed E-state index contributed by atoms with van der Waals surface area (Å²) in [5, 5.41) is 1.26. The van der Waals surface area contributed by atoms with Gasteiger partial charge < -0.3 is 4.98 Å². The van der Waals surface area contributed by atoms with Gasteiger partial charge in [0.1, 0.15) is 0 Å². The third kappa shape index (κ3) is 1.90. The predicted molar refractivity (Wildman–Crippen MR) is 74.7 cm³/mol. The maximum atomic E-state index is 4.22. The average Bonchev–Trinajstić information content (AvgIpc) is 2.88. The van der Waals surface area contributed by atoms with Gasteiger partial charge in [-0.05, 0) is 41.1 Å². The van der Waals surface area contributed by atoms with Crippen molar-refractivity contribution in [2.24, 2.45) is 0 Å². The zero-order valence-electron chi connectivity index (χ0n) is 10.4. The lowest BCUT2D eigenvalue weighted by molar-refractivity contribution is 0.773. The molecule has 1 atom stereocenters. The minimum atomic E-state index is 0.423. The normalized spacial score (nSPS) is 12.7. The lowest BCUT2D eigenvalue weighted by atomic mass is 9.90. The monoisotopic (exact) mass is 236 g/mol. The van der Waals surface area contributed by atoms with E-state index in [9.17, 15) is 0 Å². The van der Waals surface area contributed by atoms with Crippen LogP contribution in [0.25, 0.3) is 10.9 Å². The van der Waals surface area contributed by atoms with Crippen molar-refractivity contribution in [1.82, 2.24) is 9.97 Å². The molecular weight excluding hydrogens is 220 g/mol. The Labute approximate surface area is 107 Å². The number of hydrogen-bond acceptors (Lipinski definition) is 1. The highest BCUT2D eigenvalue weighted by Crippen LogP contribution is 2.29. The Balaban J connectivity index is 2.05. The molecule has 0 spiro atoms. The van der Waals surface area contributed by atoms with Crippen molar-refractivity contribution in [2.75, 3.05) is 0 Å². The molecule has 2 heteroatoms. The van der Waals surface area contributed by atoms with Crippen molar-refractivity contribution >= 4 is 10.9 Å². The number of benzene rings is 1. The van der Waals surface area contributed by atoms with Crippen LogP contribution >= 0.6 is 0 Å². The van der Waals surface area contributed by atoms with E-state index in [1.165, 1.54) is 22.0 Å². The molecule has 90 valence electrons. The zero-order valence-corrected chi connectivity index (χ0v) is 10.4. The molecule has 3 aromatic rings. The Kier molecular flexibility index (Phi) is 2.85. The summed E-state index contributed by atoms with van der Waals surface area (Å²) in [5.41, 5.74) is 3.83. The number of rotatable bonds is 3. The first-order valence-electron chi connectivity index (χ1n) is 6.35. The average molecular weight is 236 g/mol. The SMILES string of the molecule is CCC(c1cccnc1)c1ccc2cc[nH]c2c1. The molecule has 0 amide bonds. The number of fused-ring (bicyclic) bond motifs is 1. The summed E-state index contributed by atoms with van der Waals surface area (Å²) in [6, 6.07) is 12.9. The molecule has 2 heterocycles. The Morgan fingerprint density at radius 1 is 1.17 bits per heavy atom. The van der Waals surface area contributed by atoms with Crippen molar-refractivity contribution in [3.05, 3.63) is 66.1 Å². The lowest BCUT2D eigenvalue weighted by Gasteiger charge is -2.15. The number of aromatic nitrogens is 2. The number of aromatic amines is 1. The maximum absolute atomic E-state index is 4.22. The van der Waals surface area contributed by atoms with Crippen LogP contribution in [0.15, 0.2) is 55.0 Å². The van der Waals surface area contributed by atoms with Gasteiger partial charge >= 0.3 is 0 Å². The van der Waals surface area contributed by atoms with Gasteiger partial charge in [-0.25, -0.2) is 0 Å². The van der Waals surface area contributed by atoms with Gasteiger partial charge in [0.15, 0.2) is 0 Å². The minimum Gasteiger partial charge on any atom is -0.361 e. The van der Waals surface area contributed by atoms with Crippen molar-refractivity contribution in [2.45, 2.75) is 19.3 Å². The number of H-pyrrole nitrogens is 1. The first-order valence-corrected chi connectivity index (χ1v) is 6.35. The first-order chi connectivity index (χ1) is 8.88. The van der Waals surface area contributed by atoms with Crippen molar-refractivity contribution in [3.63, 3.8) is 0 Å². The highest BCUT2D eigenvalue weighted by molar-refractivity contribution is 5.80. The molecule has 1 aromatic carbocycles. The summed E-state index contributed by atoms with van der Waals surface area (Å²) < 4.78 is 0. The third-order valence-electron chi connectivity index (χ3n) is 3.48. The van der Waals surface area contributed by atoms with Gasteiger partial charge in [0.25, 0.3) is 0 Å². The second-order valence-electron chi connectivity index (χ2n) is 4.57. The van der Waals surface area contributed by atoms with E-state index in [0.717, 1.165) is 6.42 Å². The Morgan fingerprint density at radius 3 is 2.89 bits per heavy atom. The third-order valence-corrected chi connectivity index (χ3v) is 3.48. The van der Waals surface area contributed by atoms with Crippen LogP contribution in [0.4, 0.5) is 0 Å². The van der Waals surface area contributed by atoms with Crippen LogP contribution in [0.1, 0.15) is 30.4 Å². The minimum absolute atomic E-state index is 0.423. The largest absolute Gasteiger partial charge is 0.361 e. The zero-order chi connectivity index (χ0) is 12.4. The fourth-order valence-electron chi connectivity index (χ4n) is 2.53. The van der Waals surface area contributed by atoms with E-state index in [0.29, 0.717) is 5.92 Å². The second kappa shape index (κ2) is 4.65. The van der Waals surface area contributed by atoms with Gasteiger partial charge in [-0.3, -0.25) is 4.98 Å². The number of hydrogen-bond donors (Lipinski definition) is 1. The van der Waals surface area contributed by atoms with Crippen LogP contribution in [-0.2, 0) is 0 Å². The van der Waals surface area contributed by atoms with Crippen LogP contribution in [0.5, 0.6) is 0 Å². The van der Waals surface area contributed by atoms with E-state index in [4.69, 9.17) is 0 Å². The number of nitrogens with one attached hydrogen (secondary N) is 1. The molecule has 18 heavy (non-hydrogen) atoms. The second-order valence-corrected chi connectivity index (χ2v) is 4.57. The quantitative estimate of drug-likeness (QED) is 0.728. The van der Waals surface area contributed by atoms with E-state index in [2.05, 4.69) is 47.2 Å². The van der Waals surface area contributed by atoms with E-state index in [-0.39, 0.29) is 0 Å².